The second-order valence-electron chi connectivity index (χ2n) is 9.50. The fourth-order valence-electron chi connectivity index (χ4n) is 5.03. The molecule has 2 aromatic carbocycles. The zero-order chi connectivity index (χ0) is 24.5. The summed E-state index contributed by atoms with van der Waals surface area (Å²) in [6.07, 6.45) is 2.80. The number of carbonyl (C=O) groups excluding carboxylic acids is 2. The Morgan fingerprint density at radius 2 is 1.74 bits per heavy atom. The largest absolute Gasteiger partial charge is 0.339 e. The van der Waals surface area contributed by atoms with Gasteiger partial charge in [-0.15, -0.1) is 0 Å². The van der Waals surface area contributed by atoms with E-state index in [1.807, 2.05) is 59.1 Å². The molecule has 2 heterocycles. The molecule has 2 aromatic rings. The smallest absolute Gasteiger partial charge is 0.253 e. The zero-order valence-electron chi connectivity index (χ0n) is 20.8. The Balaban J connectivity index is 1.28. The van der Waals surface area contributed by atoms with Gasteiger partial charge in [-0.25, -0.2) is 0 Å². The zero-order valence-corrected chi connectivity index (χ0v) is 21.6. The molecule has 0 atom stereocenters. The summed E-state index contributed by atoms with van der Waals surface area (Å²) in [5, 5.41) is 3.13. The van der Waals surface area contributed by atoms with E-state index in [-0.39, 0.29) is 11.8 Å². The van der Waals surface area contributed by atoms with E-state index >= 15 is 0 Å². The van der Waals surface area contributed by atoms with Gasteiger partial charge in [0.25, 0.3) is 5.91 Å². The molecule has 7 heteroatoms. The molecule has 35 heavy (non-hydrogen) atoms. The maximum absolute atomic E-state index is 13.0. The molecule has 0 radical (unpaired) electrons. The van der Waals surface area contributed by atoms with Gasteiger partial charge in [-0.1, -0.05) is 37.3 Å². The normalized spacial score (nSPS) is 17.5. The third-order valence-electron chi connectivity index (χ3n) is 6.87. The number of benzene rings is 2. The number of thioether (sulfide) groups is 1. The van der Waals surface area contributed by atoms with Crippen LogP contribution in [0.25, 0.3) is 0 Å². The van der Waals surface area contributed by atoms with Gasteiger partial charge in [0.1, 0.15) is 0 Å². The second kappa shape index (κ2) is 13.1. The molecule has 2 saturated heterocycles. The van der Waals surface area contributed by atoms with Gasteiger partial charge in [0.15, 0.2) is 0 Å². The van der Waals surface area contributed by atoms with Crippen molar-refractivity contribution in [3.8, 4) is 0 Å². The Morgan fingerprint density at radius 1 is 1.00 bits per heavy atom. The number of likely N-dealkylation sites (tertiary alicyclic amines) is 1. The van der Waals surface area contributed by atoms with Crippen molar-refractivity contribution in [2.24, 2.45) is 0 Å². The molecule has 2 aliphatic rings. The quantitative estimate of drug-likeness (QED) is 0.567. The van der Waals surface area contributed by atoms with Crippen LogP contribution in [0, 0.1) is 0 Å². The third kappa shape index (κ3) is 7.56. The van der Waals surface area contributed by atoms with Crippen molar-refractivity contribution in [1.29, 1.82) is 0 Å². The maximum Gasteiger partial charge on any atom is 0.253 e. The summed E-state index contributed by atoms with van der Waals surface area (Å²) < 4.78 is 0. The van der Waals surface area contributed by atoms with Gasteiger partial charge in [-0.05, 0) is 55.6 Å². The first-order chi connectivity index (χ1) is 17.1. The molecule has 0 aliphatic carbocycles. The molecule has 2 fully saturated rings. The van der Waals surface area contributed by atoms with Crippen LogP contribution in [0.4, 0.5) is 5.69 Å². The average Bonchev–Trinajstić information content (AvgIpc) is 2.89. The van der Waals surface area contributed by atoms with Crippen LogP contribution in [-0.2, 0) is 11.3 Å². The molecule has 188 valence electrons. The van der Waals surface area contributed by atoms with Crippen LogP contribution in [0.5, 0.6) is 0 Å². The number of rotatable bonds is 9. The molecular weight excluding hydrogens is 456 g/mol. The highest BCUT2D eigenvalue weighted by Gasteiger charge is 2.28. The molecule has 0 aromatic heterocycles. The van der Waals surface area contributed by atoms with Crippen LogP contribution in [0.2, 0.25) is 0 Å². The molecule has 2 aliphatic heterocycles. The highest BCUT2D eigenvalue weighted by Crippen LogP contribution is 2.20. The summed E-state index contributed by atoms with van der Waals surface area (Å²) in [6.45, 7) is 8.09. The van der Waals surface area contributed by atoms with Crippen LogP contribution in [-0.4, -0.2) is 83.3 Å². The minimum atomic E-state index is 0.0350. The molecule has 0 bridgehead atoms. The molecule has 0 saturated carbocycles. The lowest BCUT2D eigenvalue weighted by Gasteiger charge is -2.38. The minimum absolute atomic E-state index is 0.0350. The van der Waals surface area contributed by atoms with Gasteiger partial charge in [0, 0.05) is 61.5 Å². The van der Waals surface area contributed by atoms with Gasteiger partial charge < -0.3 is 10.2 Å². The molecule has 2 amide bonds. The van der Waals surface area contributed by atoms with E-state index < -0.39 is 0 Å². The number of nitrogens with one attached hydrogen (secondary N) is 1. The number of nitrogens with zero attached hydrogens (tertiary/aromatic N) is 3. The van der Waals surface area contributed by atoms with E-state index in [2.05, 4.69) is 34.2 Å². The second-order valence-corrected chi connectivity index (χ2v) is 10.7. The first-order valence-corrected chi connectivity index (χ1v) is 14.0. The van der Waals surface area contributed by atoms with Crippen LogP contribution in [0.15, 0.2) is 54.6 Å². The van der Waals surface area contributed by atoms with Gasteiger partial charge in [0.05, 0.1) is 6.54 Å². The molecule has 1 N–H and O–H groups in total. The summed E-state index contributed by atoms with van der Waals surface area (Å²) in [7, 11) is 0. The molecule has 0 unspecified atom stereocenters. The molecular formula is C28H38N4O2S. The topological polar surface area (TPSA) is 55.9 Å². The number of anilines is 1. The van der Waals surface area contributed by atoms with Crippen molar-refractivity contribution >= 4 is 29.3 Å². The molecule has 6 nitrogen and oxygen atoms in total. The van der Waals surface area contributed by atoms with Crippen molar-refractivity contribution in [1.82, 2.24) is 14.7 Å². The van der Waals surface area contributed by atoms with Crippen LogP contribution < -0.4 is 5.32 Å². The molecule has 0 spiro atoms. The third-order valence-corrected chi connectivity index (χ3v) is 7.81. The first-order valence-electron chi connectivity index (χ1n) is 12.9. The Hall–Kier alpha value is -2.35. The number of hydrogen-bond donors (Lipinski definition) is 1. The van der Waals surface area contributed by atoms with Gasteiger partial charge in [-0.2, -0.15) is 11.8 Å². The van der Waals surface area contributed by atoms with E-state index in [1.54, 1.807) is 0 Å². The maximum atomic E-state index is 13.0. The minimum Gasteiger partial charge on any atom is -0.339 e. The Bertz CT molecular complexity index is 956. The van der Waals surface area contributed by atoms with E-state index in [4.69, 9.17) is 0 Å². The summed E-state index contributed by atoms with van der Waals surface area (Å²) in [4.78, 5) is 32.5. The number of amides is 2. The van der Waals surface area contributed by atoms with Crippen molar-refractivity contribution in [2.45, 2.75) is 38.8 Å². The monoisotopic (exact) mass is 494 g/mol. The summed E-state index contributed by atoms with van der Waals surface area (Å²) in [5.74, 6) is 2.53. The fraction of sp³-hybridized carbons (Fsp3) is 0.500. The van der Waals surface area contributed by atoms with Crippen LogP contribution in [0.1, 0.15) is 42.1 Å². The number of carbonyl (C=O) groups is 2. The van der Waals surface area contributed by atoms with Crippen LogP contribution >= 0.6 is 11.8 Å². The Morgan fingerprint density at radius 3 is 2.46 bits per heavy atom. The fourth-order valence-corrected chi connectivity index (χ4v) is 6.00. The Kier molecular flexibility index (Phi) is 9.63. The van der Waals surface area contributed by atoms with E-state index in [1.165, 1.54) is 17.1 Å². The average molecular weight is 495 g/mol. The van der Waals surface area contributed by atoms with E-state index in [0.29, 0.717) is 12.6 Å². The lowest BCUT2D eigenvalue weighted by atomic mass is 10.0. The van der Waals surface area contributed by atoms with Crippen molar-refractivity contribution in [3.05, 3.63) is 65.7 Å². The number of piperidine rings is 1. The van der Waals surface area contributed by atoms with Gasteiger partial charge in [0.2, 0.25) is 5.91 Å². The summed E-state index contributed by atoms with van der Waals surface area (Å²) in [6, 6.07) is 18.1. The summed E-state index contributed by atoms with van der Waals surface area (Å²) >= 11 is 2.02. The molecule has 4 rings (SSSR count). The predicted molar refractivity (Wildman–Crippen MR) is 145 cm³/mol. The Labute approximate surface area is 214 Å². The lowest BCUT2D eigenvalue weighted by molar-refractivity contribution is -0.118. The number of hydrogen-bond acceptors (Lipinski definition) is 5. The standard InChI is InChI=1S/C28H38N4O2S/c1-2-13-32(26-11-14-31(15-12-26)28(34)24-8-4-3-5-9-24)22-27(33)29-25-10-6-7-23(20-25)21-30-16-18-35-19-17-30/h3-10,20,26H,2,11-19,21-22H2,1H3,(H,29,33). The van der Waals surface area contributed by atoms with Crippen molar-refractivity contribution in [3.63, 3.8) is 0 Å². The SMILES string of the molecule is CCCN(CC(=O)Nc1cccc(CN2CCSCC2)c1)C1CCN(C(=O)c2ccccc2)CC1. The highest BCUT2D eigenvalue weighted by atomic mass is 32.2. The highest BCUT2D eigenvalue weighted by molar-refractivity contribution is 7.99. The van der Waals surface area contributed by atoms with Crippen molar-refractivity contribution < 1.29 is 9.59 Å². The summed E-state index contributed by atoms with van der Waals surface area (Å²) in [5.41, 5.74) is 2.87. The van der Waals surface area contributed by atoms with Gasteiger partial charge in [-0.3, -0.25) is 19.4 Å². The van der Waals surface area contributed by atoms with E-state index in [0.717, 1.165) is 69.8 Å². The van der Waals surface area contributed by atoms with Crippen LogP contribution in [0.3, 0.4) is 0 Å². The van der Waals surface area contributed by atoms with Crippen molar-refractivity contribution in [2.75, 3.05) is 56.1 Å². The van der Waals surface area contributed by atoms with E-state index in [9.17, 15) is 9.59 Å². The predicted octanol–water partition coefficient (Wildman–Crippen LogP) is 4.19. The first kappa shape index (κ1) is 25.7. The lowest BCUT2D eigenvalue weighted by Crippen LogP contribution is -2.49. The van der Waals surface area contributed by atoms with Gasteiger partial charge >= 0.3 is 0 Å².